The Bertz CT molecular complexity index is 1280. The van der Waals surface area contributed by atoms with Gasteiger partial charge in [0.1, 0.15) is 11.6 Å². The second-order valence-electron chi connectivity index (χ2n) is 6.33. The van der Waals surface area contributed by atoms with Gasteiger partial charge in [-0.2, -0.15) is 0 Å². The van der Waals surface area contributed by atoms with E-state index < -0.39 is 0 Å². The zero-order chi connectivity index (χ0) is 20.4. The highest BCUT2D eigenvalue weighted by Gasteiger charge is 2.14. The molecule has 0 aliphatic carbocycles. The third kappa shape index (κ3) is 4.13. The van der Waals surface area contributed by atoms with E-state index in [9.17, 15) is 4.79 Å². The van der Waals surface area contributed by atoms with Crippen LogP contribution in [0.5, 0.6) is 5.75 Å². The van der Waals surface area contributed by atoms with Gasteiger partial charge in [-0.1, -0.05) is 46.3 Å². The van der Waals surface area contributed by atoms with Crippen molar-refractivity contribution in [3.8, 4) is 11.4 Å². The molecule has 4 nitrogen and oxygen atoms in total. The summed E-state index contributed by atoms with van der Waals surface area (Å²) in [6.07, 6.45) is 3.80. The number of methoxy groups -OCH3 is 1. The van der Waals surface area contributed by atoms with E-state index in [4.69, 9.17) is 9.72 Å². The van der Waals surface area contributed by atoms with Crippen LogP contribution in [-0.2, 0) is 0 Å². The molecule has 4 aromatic rings. The predicted octanol–water partition coefficient (Wildman–Crippen LogP) is 5.93. The Morgan fingerprint density at radius 1 is 1.03 bits per heavy atom. The van der Waals surface area contributed by atoms with Crippen molar-refractivity contribution < 1.29 is 4.74 Å². The smallest absolute Gasteiger partial charge is 0.266 e. The Labute approximate surface area is 190 Å². The molecule has 29 heavy (non-hydrogen) atoms. The monoisotopic (exact) mass is 558 g/mol. The average molecular weight is 559 g/mol. The summed E-state index contributed by atoms with van der Waals surface area (Å²) in [5.41, 5.74) is 2.20. The van der Waals surface area contributed by atoms with Crippen LogP contribution < -0.4 is 10.3 Å². The van der Waals surface area contributed by atoms with E-state index in [1.807, 2.05) is 78.9 Å². The summed E-state index contributed by atoms with van der Waals surface area (Å²) in [6.45, 7) is 0. The standard InChI is InChI=1S/C23H16BrIN2O2/c1-29-21-5-3-2-4-20(21)27-22(13-8-15-6-9-16(24)10-7-15)26-19-12-11-17(25)14-18(19)23(27)28/h2-14H,1H3. The summed E-state index contributed by atoms with van der Waals surface area (Å²) in [6, 6.07) is 21.1. The number of hydrogen-bond acceptors (Lipinski definition) is 3. The Balaban J connectivity index is 1.98. The summed E-state index contributed by atoms with van der Waals surface area (Å²) >= 11 is 5.65. The molecule has 1 heterocycles. The highest BCUT2D eigenvalue weighted by molar-refractivity contribution is 14.1. The lowest BCUT2D eigenvalue weighted by atomic mass is 10.2. The van der Waals surface area contributed by atoms with Gasteiger partial charge in [-0.25, -0.2) is 4.98 Å². The van der Waals surface area contributed by atoms with Crippen LogP contribution >= 0.6 is 38.5 Å². The first kappa shape index (κ1) is 19.8. The number of para-hydroxylation sites is 2. The lowest BCUT2D eigenvalue weighted by molar-refractivity contribution is 0.412. The second-order valence-corrected chi connectivity index (χ2v) is 8.49. The van der Waals surface area contributed by atoms with E-state index >= 15 is 0 Å². The molecule has 0 radical (unpaired) electrons. The first-order valence-corrected chi connectivity index (χ1v) is 10.7. The number of nitrogens with zero attached hydrogens (tertiary/aromatic N) is 2. The van der Waals surface area contributed by atoms with Gasteiger partial charge in [0.05, 0.1) is 23.7 Å². The summed E-state index contributed by atoms with van der Waals surface area (Å²) in [5, 5.41) is 0.573. The Kier molecular flexibility index (Phi) is 5.82. The van der Waals surface area contributed by atoms with Crippen LogP contribution in [0.3, 0.4) is 0 Å². The minimum absolute atomic E-state index is 0.131. The fourth-order valence-electron chi connectivity index (χ4n) is 3.08. The maximum Gasteiger partial charge on any atom is 0.266 e. The van der Waals surface area contributed by atoms with Crippen molar-refractivity contribution in [2.45, 2.75) is 0 Å². The van der Waals surface area contributed by atoms with E-state index in [1.54, 1.807) is 11.7 Å². The van der Waals surface area contributed by atoms with Crippen LogP contribution in [0.2, 0.25) is 0 Å². The molecule has 1 aromatic heterocycles. The van der Waals surface area contributed by atoms with Crippen molar-refractivity contribution in [1.29, 1.82) is 0 Å². The van der Waals surface area contributed by atoms with E-state index in [-0.39, 0.29) is 5.56 Å². The molecule has 0 spiro atoms. The van der Waals surface area contributed by atoms with Crippen molar-refractivity contribution >= 4 is 61.6 Å². The summed E-state index contributed by atoms with van der Waals surface area (Å²) in [5.74, 6) is 1.15. The molecule has 0 bridgehead atoms. The molecule has 3 aromatic carbocycles. The highest BCUT2D eigenvalue weighted by atomic mass is 127. The highest BCUT2D eigenvalue weighted by Crippen LogP contribution is 2.24. The van der Waals surface area contributed by atoms with Gasteiger partial charge in [-0.15, -0.1) is 0 Å². The summed E-state index contributed by atoms with van der Waals surface area (Å²) in [7, 11) is 1.60. The number of halogens is 2. The third-order valence-corrected chi connectivity index (χ3v) is 5.68. The van der Waals surface area contributed by atoms with Crippen molar-refractivity contribution in [3.63, 3.8) is 0 Å². The first-order chi connectivity index (χ1) is 14.1. The minimum Gasteiger partial charge on any atom is -0.495 e. The average Bonchev–Trinajstić information content (AvgIpc) is 2.74. The van der Waals surface area contributed by atoms with Gasteiger partial charge in [-0.3, -0.25) is 9.36 Å². The maximum absolute atomic E-state index is 13.5. The molecule has 0 atom stereocenters. The van der Waals surface area contributed by atoms with E-state index in [0.717, 1.165) is 13.6 Å². The lowest BCUT2D eigenvalue weighted by Crippen LogP contribution is -2.23. The molecule has 0 saturated heterocycles. The number of ether oxygens (including phenoxy) is 1. The predicted molar refractivity (Wildman–Crippen MR) is 130 cm³/mol. The normalized spacial score (nSPS) is 11.3. The van der Waals surface area contributed by atoms with Crippen LogP contribution in [0.15, 0.2) is 76.0 Å². The van der Waals surface area contributed by atoms with Crippen LogP contribution in [0, 0.1) is 3.57 Å². The molecule has 0 saturated carbocycles. The van der Waals surface area contributed by atoms with Crippen LogP contribution in [0.1, 0.15) is 11.4 Å². The number of aromatic nitrogens is 2. The second kappa shape index (κ2) is 8.51. The van der Waals surface area contributed by atoms with Gasteiger partial charge in [0.25, 0.3) is 5.56 Å². The van der Waals surface area contributed by atoms with Crippen LogP contribution in [0.25, 0.3) is 28.7 Å². The van der Waals surface area contributed by atoms with Gasteiger partial charge in [0, 0.05) is 8.04 Å². The SMILES string of the molecule is COc1ccccc1-n1c(C=Cc2ccc(Br)cc2)nc2ccc(I)cc2c1=O. The van der Waals surface area contributed by atoms with E-state index in [0.29, 0.717) is 28.2 Å². The zero-order valence-corrected chi connectivity index (χ0v) is 19.2. The van der Waals surface area contributed by atoms with Crippen LogP contribution in [0.4, 0.5) is 0 Å². The zero-order valence-electron chi connectivity index (χ0n) is 15.5. The van der Waals surface area contributed by atoms with Crippen molar-refractivity contribution in [3.05, 3.63) is 96.5 Å². The molecule has 4 rings (SSSR count). The molecule has 144 valence electrons. The molecule has 0 aliphatic heterocycles. The Morgan fingerprint density at radius 3 is 2.55 bits per heavy atom. The van der Waals surface area contributed by atoms with Gasteiger partial charge in [0.2, 0.25) is 0 Å². The topological polar surface area (TPSA) is 44.1 Å². The van der Waals surface area contributed by atoms with Gasteiger partial charge < -0.3 is 4.74 Å². The van der Waals surface area contributed by atoms with E-state index in [1.165, 1.54) is 0 Å². The molecular weight excluding hydrogens is 543 g/mol. The summed E-state index contributed by atoms with van der Waals surface area (Å²) in [4.78, 5) is 18.2. The summed E-state index contributed by atoms with van der Waals surface area (Å²) < 4.78 is 9.10. The quantitative estimate of drug-likeness (QED) is 0.292. The molecule has 0 N–H and O–H groups in total. The largest absolute Gasteiger partial charge is 0.495 e. The van der Waals surface area contributed by atoms with Gasteiger partial charge in [0.15, 0.2) is 0 Å². The van der Waals surface area contributed by atoms with Gasteiger partial charge in [-0.05, 0) is 76.7 Å². The molecule has 0 unspecified atom stereocenters. The first-order valence-electron chi connectivity index (χ1n) is 8.86. The number of fused-ring (bicyclic) bond motifs is 1. The van der Waals surface area contributed by atoms with Crippen molar-refractivity contribution in [2.24, 2.45) is 0 Å². The Morgan fingerprint density at radius 2 is 1.79 bits per heavy atom. The molecule has 6 heteroatoms. The fourth-order valence-corrected chi connectivity index (χ4v) is 3.83. The number of rotatable bonds is 4. The third-order valence-electron chi connectivity index (χ3n) is 4.48. The van der Waals surface area contributed by atoms with E-state index in [2.05, 4.69) is 38.5 Å². The fraction of sp³-hybridized carbons (Fsp3) is 0.0435. The minimum atomic E-state index is -0.131. The maximum atomic E-state index is 13.5. The molecule has 0 aliphatic rings. The lowest BCUT2D eigenvalue weighted by Gasteiger charge is -2.14. The Hall–Kier alpha value is -2.45. The number of hydrogen-bond donors (Lipinski definition) is 0. The van der Waals surface area contributed by atoms with Crippen LogP contribution in [-0.4, -0.2) is 16.7 Å². The molecular formula is C23H16BrIN2O2. The van der Waals surface area contributed by atoms with Gasteiger partial charge >= 0.3 is 0 Å². The molecule has 0 amide bonds. The number of benzene rings is 3. The molecule has 0 fully saturated rings. The van der Waals surface area contributed by atoms with Crippen molar-refractivity contribution in [1.82, 2.24) is 9.55 Å². The van der Waals surface area contributed by atoms with Crippen molar-refractivity contribution in [2.75, 3.05) is 7.11 Å².